The lowest BCUT2D eigenvalue weighted by molar-refractivity contribution is -0.118. The molecular weight excluding hydrogens is 140 g/mol. The van der Waals surface area contributed by atoms with Crippen molar-refractivity contribution in [3.05, 3.63) is 12.7 Å². The van der Waals surface area contributed by atoms with Gasteiger partial charge in [0.05, 0.1) is 12.7 Å². The molecule has 0 bridgehead atoms. The van der Waals surface area contributed by atoms with Gasteiger partial charge in [0.15, 0.2) is 5.79 Å². The van der Waals surface area contributed by atoms with Crippen LogP contribution in [0.15, 0.2) is 12.7 Å². The fourth-order valence-electron chi connectivity index (χ4n) is 1.05. The lowest BCUT2D eigenvalue weighted by atomic mass is 10.1. The molecule has 0 amide bonds. The van der Waals surface area contributed by atoms with E-state index in [1.165, 1.54) is 0 Å². The van der Waals surface area contributed by atoms with Gasteiger partial charge in [-0.25, -0.2) is 0 Å². The molecule has 1 rings (SSSR count). The molecule has 0 aromatic heterocycles. The minimum absolute atomic E-state index is 0.220. The van der Waals surface area contributed by atoms with Crippen molar-refractivity contribution in [3.8, 4) is 0 Å². The van der Waals surface area contributed by atoms with Gasteiger partial charge in [0.2, 0.25) is 0 Å². The van der Waals surface area contributed by atoms with Crippen LogP contribution in [-0.2, 0) is 9.47 Å². The third kappa shape index (κ3) is 1.82. The van der Waals surface area contributed by atoms with Gasteiger partial charge < -0.3 is 9.47 Å². The van der Waals surface area contributed by atoms with Crippen LogP contribution in [0.2, 0.25) is 0 Å². The molecule has 1 heterocycles. The molecule has 1 saturated heterocycles. The lowest BCUT2D eigenvalue weighted by Crippen LogP contribution is -2.25. The minimum atomic E-state index is -0.547. The second kappa shape index (κ2) is 2.95. The Kier molecular flexibility index (Phi) is 2.35. The molecule has 1 aliphatic heterocycles. The van der Waals surface area contributed by atoms with E-state index in [1.54, 1.807) is 6.08 Å². The van der Waals surface area contributed by atoms with Crippen molar-refractivity contribution in [1.29, 1.82) is 0 Å². The van der Waals surface area contributed by atoms with Gasteiger partial charge in [-0.05, 0) is 18.9 Å². The van der Waals surface area contributed by atoms with Crippen LogP contribution in [0.3, 0.4) is 0 Å². The number of ether oxygens (including phenoxy) is 2. The second-order valence-electron chi connectivity index (χ2n) is 3.43. The maximum absolute atomic E-state index is 5.62. The van der Waals surface area contributed by atoms with Crippen molar-refractivity contribution < 1.29 is 9.47 Å². The van der Waals surface area contributed by atoms with E-state index in [1.807, 2.05) is 6.92 Å². The van der Waals surface area contributed by atoms with E-state index in [2.05, 4.69) is 20.4 Å². The number of hydrogen-bond donors (Lipinski definition) is 0. The molecule has 0 spiro atoms. The molecule has 1 fully saturated rings. The molecule has 2 unspecified atom stereocenters. The van der Waals surface area contributed by atoms with Crippen LogP contribution >= 0.6 is 0 Å². The molecule has 0 N–H and O–H groups in total. The Hall–Kier alpha value is -0.340. The van der Waals surface area contributed by atoms with E-state index < -0.39 is 5.79 Å². The van der Waals surface area contributed by atoms with Gasteiger partial charge >= 0.3 is 0 Å². The highest BCUT2D eigenvalue weighted by Gasteiger charge is 2.35. The zero-order valence-electron chi connectivity index (χ0n) is 7.46. The molecule has 0 aromatic carbocycles. The van der Waals surface area contributed by atoms with E-state index in [9.17, 15) is 0 Å². The molecule has 2 heteroatoms. The SMILES string of the molecule is C=CC1(C)OCC(C(C)C)O1. The Labute approximate surface area is 68.2 Å². The van der Waals surface area contributed by atoms with Crippen molar-refractivity contribution in [1.82, 2.24) is 0 Å². The number of rotatable bonds is 2. The topological polar surface area (TPSA) is 18.5 Å². The molecule has 11 heavy (non-hydrogen) atoms. The van der Waals surface area contributed by atoms with Crippen LogP contribution in [0.5, 0.6) is 0 Å². The molecule has 2 nitrogen and oxygen atoms in total. The molecular formula is C9H16O2. The monoisotopic (exact) mass is 156 g/mol. The fraction of sp³-hybridized carbons (Fsp3) is 0.778. The van der Waals surface area contributed by atoms with Crippen LogP contribution in [0.25, 0.3) is 0 Å². The first-order chi connectivity index (χ1) is 5.07. The standard InChI is InChI=1S/C9H16O2/c1-5-9(4)10-6-8(11-9)7(2)3/h5,7-8H,1,6H2,2-4H3. The third-order valence-corrected chi connectivity index (χ3v) is 2.03. The first-order valence-corrected chi connectivity index (χ1v) is 4.03. The Morgan fingerprint density at radius 2 is 2.27 bits per heavy atom. The lowest BCUT2D eigenvalue weighted by Gasteiger charge is -2.19. The summed E-state index contributed by atoms with van der Waals surface area (Å²) in [5.74, 6) is -0.0358. The van der Waals surface area contributed by atoms with E-state index in [0.29, 0.717) is 12.5 Å². The maximum atomic E-state index is 5.62. The molecule has 0 saturated carbocycles. The zero-order chi connectivity index (χ0) is 8.48. The summed E-state index contributed by atoms with van der Waals surface area (Å²) in [5.41, 5.74) is 0. The van der Waals surface area contributed by atoms with Crippen molar-refractivity contribution in [2.75, 3.05) is 6.61 Å². The Morgan fingerprint density at radius 1 is 1.64 bits per heavy atom. The average molecular weight is 156 g/mol. The maximum Gasteiger partial charge on any atom is 0.185 e. The van der Waals surface area contributed by atoms with Gasteiger partial charge in [-0.2, -0.15) is 0 Å². The summed E-state index contributed by atoms with van der Waals surface area (Å²) in [6.07, 6.45) is 1.92. The summed E-state index contributed by atoms with van der Waals surface area (Å²) in [6, 6.07) is 0. The predicted octanol–water partition coefficient (Wildman–Crippen LogP) is 1.96. The van der Waals surface area contributed by atoms with Crippen LogP contribution in [0.4, 0.5) is 0 Å². The Balaban J connectivity index is 2.52. The summed E-state index contributed by atoms with van der Waals surface area (Å²) >= 11 is 0. The van der Waals surface area contributed by atoms with Crippen LogP contribution in [0, 0.1) is 5.92 Å². The van der Waals surface area contributed by atoms with Crippen molar-refractivity contribution in [3.63, 3.8) is 0 Å². The average Bonchev–Trinajstić information content (AvgIpc) is 2.33. The molecule has 2 atom stereocenters. The van der Waals surface area contributed by atoms with E-state index in [-0.39, 0.29) is 6.10 Å². The summed E-state index contributed by atoms with van der Waals surface area (Å²) < 4.78 is 11.0. The van der Waals surface area contributed by atoms with Crippen molar-refractivity contribution in [2.45, 2.75) is 32.7 Å². The van der Waals surface area contributed by atoms with Crippen LogP contribution in [-0.4, -0.2) is 18.5 Å². The number of hydrogen-bond acceptors (Lipinski definition) is 2. The van der Waals surface area contributed by atoms with Gasteiger partial charge in [-0.15, -0.1) is 0 Å². The van der Waals surface area contributed by atoms with Crippen LogP contribution in [0.1, 0.15) is 20.8 Å². The van der Waals surface area contributed by atoms with Gasteiger partial charge in [-0.1, -0.05) is 20.4 Å². The predicted molar refractivity (Wildman–Crippen MR) is 44.3 cm³/mol. The third-order valence-electron chi connectivity index (χ3n) is 2.03. The molecule has 64 valence electrons. The summed E-state index contributed by atoms with van der Waals surface area (Å²) in [4.78, 5) is 0. The molecule has 0 aliphatic carbocycles. The van der Waals surface area contributed by atoms with Gasteiger partial charge in [-0.3, -0.25) is 0 Å². The fourth-order valence-corrected chi connectivity index (χ4v) is 1.05. The second-order valence-corrected chi connectivity index (χ2v) is 3.43. The van der Waals surface area contributed by atoms with E-state index >= 15 is 0 Å². The molecule has 0 aromatic rings. The normalized spacial score (nSPS) is 38.0. The largest absolute Gasteiger partial charge is 0.344 e. The zero-order valence-corrected chi connectivity index (χ0v) is 7.46. The quantitative estimate of drug-likeness (QED) is 0.569. The summed E-state index contributed by atoms with van der Waals surface area (Å²) in [6.45, 7) is 10.5. The van der Waals surface area contributed by atoms with E-state index in [4.69, 9.17) is 9.47 Å². The first-order valence-electron chi connectivity index (χ1n) is 4.03. The first kappa shape index (κ1) is 8.75. The highest BCUT2D eigenvalue weighted by atomic mass is 16.7. The van der Waals surface area contributed by atoms with Gasteiger partial charge in [0.25, 0.3) is 0 Å². The smallest absolute Gasteiger partial charge is 0.185 e. The van der Waals surface area contributed by atoms with Crippen molar-refractivity contribution >= 4 is 0 Å². The highest BCUT2D eigenvalue weighted by Crippen LogP contribution is 2.27. The van der Waals surface area contributed by atoms with Crippen molar-refractivity contribution in [2.24, 2.45) is 5.92 Å². The van der Waals surface area contributed by atoms with Crippen LogP contribution < -0.4 is 0 Å². The minimum Gasteiger partial charge on any atom is -0.344 e. The molecule has 0 radical (unpaired) electrons. The van der Waals surface area contributed by atoms with E-state index in [0.717, 1.165) is 0 Å². The highest BCUT2D eigenvalue weighted by molar-refractivity contribution is 4.90. The molecule has 1 aliphatic rings. The van der Waals surface area contributed by atoms with Gasteiger partial charge in [0.1, 0.15) is 0 Å². The summed E-state index contributed by atoms with van der Waals surface area (Å²) in [5, 5.41) is 0. The Bertz CT molecular complexity index is 154. The summed E-state index contributed by atoms with van der Waals surface area (Å²) in [7, 11) is 0. The Morgan fingerprint density at radius 3 is 2.55 bits per heavy atom. The van der Waals surface area contributed by atoms with Gasteiger partial charge in [0, 0.05) is 0 Å².